The predicted octanol–water partition coefficient (Wildman–Crippen LogP) is 3.29. The van der Waals surface area contributed by atoms with E-state index in [1.807, 2.05) is 36.4 Å². The third kappa shape index (κ3) is 6.55. The summed E-state index contributed by atoms with van der Waals surface area (Å²) in [5.74, 6) is 1.62. The largest absolute Gasteiger partial charge is 0.474 e. The van der Waals surface area contributed by atoms with Crippen LogP contribution in [0, 0.1) is 0 Å². The van der Waals surface area contributed by atoms with Crippen molar-refractivity contribution in [2.24, 2.45) is 12.0 Å². The Kier molecular flexibility index (Phi) is 8.94. The van der Waals surface area contributed by atoms with Gasteiger partial charge in [-0.2, -0.15) is 5.10 Å². The number of halogens is 1. The highest BCUT2D eigenvalue weighted by molar-refractivity contribution is 14.0. The van der Waals surface area contributed by atoms with Gasteiger partial charge in [-0.25, -0.2) is 9.98 Å². The number of pyridine rings is 1. The molecule has 0 aromatic carbocycles. The fourth-order valence-corrected chi connectivity index (χ4v) is 3.99. The first-order valence-corrected chi connectivity index (χ1v) is 11.0. The van der Waals surface area contributed by atoms with Crippen molar-refractivity contribution in [3.8, 4) is 5.88 Å². The van der Waals surface area contributed by atoms with Crippen LogP contribution in [0.1, 0.15) is 49.8 Å². The first-order chi connectivity index (χ1) is 14.7. The monoisotopic (exact) mass is 540 g/mol. The van der Waals surface area contributed by atoms with Gasteiger partial charge in [-0.05, 0) is 38.2 Å². The standard InChI is InChI=1S/C22H32N6O2.HI/c1-3-23-22(28-10-11-29-20(16-28)18-14-26-27(2)15-18)25-13-17-8-9-21(24-12-17)30-19-6-4-5-7-19;/h8-9,12,14-15,19-20H,3-7,10-11,13,16H2,1-2H3,(H,23,25);1H. The van der Waals surface area contributed by atoms with Gasteiger partial charge < -0.3 is 19.7 Å². The fraction of sp³-hybridized carbons (Fsp3) is 0.591. The molecule has 1 aliphatic carbocycles. The molecule has 0 radical (unpaired) electrons. The third-order valence-electron chi connectivity index (χ3n) is 5.60. The summed E-state index contributed by atoms with van der Waals surface area (Å²) in [4.78, 5) is 11.6. The molecule has 1 atom stereocenters. The van der Waals surface area contributed by atoms with Crippen molar-refractivity contribution in [1.29, 1.82) is 0 Å². The molecule has 8 nitrogen and oxygen atoms in total. The van der Waals surface area contributed by atoms with Crippen LogP contribution in [0.2, 0.25) is 0 Å². The van der Waals surface area contributed by atoms with Crippen molar-refractivity contribution in [3.63, 3.8) is 0 Å². The number of guanidine groups is 1. The quantitative estimate of drug-likeness (QED) is 0.345. The number of aryl methyl sites for hydroxylation is 1. The Morgan fingerprint density at radius 2 is 2.13 bits per heavy atom. The summed E-state index contributed by atoms with van der Waals surface area (Å²) in [6, 6.07) is 4.02. The van der Waals surface area contributed by atoms with Crippen molar-refractivity contribution < 1.29 is 9.47 Å². The highest BCUT2D eigenvalue weighted by Crippen LogP contribution is 2.23. The first kappa shape index (κ1) is 23.8. The Labute approximate surface area is 201 Å². The lowest BCUT2D eigenvalue weighted by Crippen LogP contribution is -2.48. The molecule has 1 saturated carbocycles. The van der Waals surface area contributed by atoms with Crippen LogP contribution in [-0.4, -0.2) is 58.0 Å². The molecule has 170 valence electrons. The van der Waals surface area contributed by atoms with Crippen LogP contribution in [0.25, 0.3) is 0 Å². The topological polar surface area (TPSA) is 76.8 Å². The average Bonchev–Trinajstić information content (AvgIpc) is 3.44. The molecule has 3 heterocycles. The minimum absolute atomic E-state index is 0. The third-order valence-corrected chi connectivity index (χ3v) is 5.60. The molecular weight excluding hydrogens is 507 g/mol. The van der Waals surface area contributed by atoms with Crippen molar-refractivity contribution in [3.05, 3.63) is 41.9 Å². The zero-order valence-corrected chi connectivity index (χ0v) is 20.7. The van der Waals surface area contributed by atoms with Gasteiger partial charge in [-0.1, -0.05) is 6.07 Å². The van der Waals surface area contributed by atoms with E-state index in [2.05, 4.69) is 33.3 Å². The predicted molar refractivity (Wildman–Crippen MR) is 131 cm³/mol. The number of aliphatic imine (C=N–C) groups is 1. The molecule has 1 unspecified atom stereocenters. The van der Waals surface area contributed by atoms with E-state index in [9.17, 15) is 0 Å². The maximum Gasteiger partial charge on any atom is 0.213 e. The van der Waals surface area contributed by atoms with Crippen molar-refractivity contribution >= 4 is 29.9 Å². The molecule has 2 aliphatic rings. The lowest BCUT2D eigenvalue weighted by atomic mass is 10.1. The molecule has 1 aliphatic heterocycles. The van der Waals surface area contributed by atoms with E-state index in [-0.39, 0.29) is 30.1 Å². The second-order valence-electron chi connectivity index (χ2n) is 7.95. The molecule has 9 heteroatoms. The van der Waals surface area contributed by atoms with Crippen LogP contribution < -0.4 is 10.1 Å². The molecular formula is C22H33IN6O2. The van der Waals surface area contributed by atoms with Gasteiger partial charge in [0.05, 0.1) is 25.9 Å². The molecule has 0 spiro atoms. The summed E-state index contributed by atoms with van der Waals surface area (Å²) in [6.07, 6.45) is 10.9. The summed E-state index contributed by atoms with van der Waals surface area (Å²) in [5, 5.41) is 7.68. The average molecular weight is 540 g/mol. The number of rotatable bonds is 6. The van der Waals surface area contributed by atoms with E-state index in [0.717, 1.165) is 49.6 Å². The number of hydrogen-bond acceptors (Lipinski definition) is 5. The van der Waals surface area contributed by atoms with Gasteiger partial charge in [0.25, 0.3) is 0 Å². The Morgan fingerprint density at radius 3 is 2.81 bits per heavy atom. The number of hydrogen-bond donors (Lipinski definition) is 1. The minimum atomic E-state index is 0. The van der Waals surface area contributed by atoms with Gasteiger partial charge in [0.15, 0.2) is 5.96 Å². The van der Waals surface area contributed by atoms with Crippen LogP contribution in [0.15, 0.2) is 35.7 Å². The zero-order valence-electron chi connectivity index (χ0n) is 18.4. The molecule has 4 rings (SSSR count). The number of morpholine rings is 1. The number of nitrogens with one attached hydrogen (secondary N) is 1. The number of ether oxygens (including phenoxy) is 2. The van der Waals surface area contributed by atoms with E-state index in [0.29, 0.717) is 25.1 Å². The molecule has 1 N–H and O–H groups in total. The van der Waals surface area contributed by atoms with Crippen molar-refractivity contribution in [2.45, 2.75) is 51.4 Å². The van der Waals surface area contributed by atoms with E-state index >= 15 is 0 Å². The van der Waals surface area contributed by atoms with E-state index in [4.69, 9.17) is 14.5 Å². The highest BCUT2D eigenvalue weighted by Gasteiger charge is 2.25. The molecule has 2 aromatic rings. The van der Waals surface area contributed by atoms with Crippen LogP contribution in [0.5, 0.6) is 5.88 Å². The van der Waals surface area contributed by atoms with Crippen LogP contribution in [-0.2, 0) is 18.3 Å². The van der Waals surface area contributed by atoms with Crippen molar-refractivity contribution in [1.82, 2.24) is 25.0 Å². The fourth-order valence-electron chi connectivity index (χ4n) is 3.99. The maximum atomic E-state index is 5.96. The summed E-state index contributed by atoms with van der Waals surface area (Å²) >= 11 is 0. The van der Waals surface area contributed by atoms with E-state index < -0.39 is 0 Å². The number of aromatic nitrogens is 3. The molecule has 31 heavy (non-hydrogen) atoms. The van der Waals surface area contributed by atoms with E-state index in [1.165, 1.54) is 12.8 Å². The molecule has 0 amide bonds. The van der Waals surface area contributed by atoms with Gasteiger partial charge >= 0.3 is 0 Å². The Balaban J connectivity index is 0.00000272. The molecule has 1 saturated heterocycles. The number of nitrogens with zero attached hydrogens (tertiary/aromatic N) is 5. The van der Waals surface area contributed by atoms with Crippen LogP contribution in [0.3, 0.4) is 0 Å². The van der Waals surface area contributed by atoms with E-state index in [1.54, 1.807) is 0 Å². The lowest BCUT2D eigenvalue weighted by molar-refractivity contribution is -0.00805. The SMILES string of the molecule is CCNC(=NCc1ccc(OC2CCCC2)nc1)N1CCOC(c2cnn(C)c2)C1.I. The Morgan fingerprint density at radius 1 is 1.29 bits per heavy atom. The lowest BCUT2D eigenvalue weighted by Gasteiger charge is -2.34. The van der Waals surface area contributed by atoms with Gasteiger partial charge in [-0.3, -0.25) is 4.68 Å². The van der Waals surface area contributed by atoms with Gasteiger partial charge in [0, 0.05) is 44.2 Å². The smallest absolute Gasteiger partial charge is 0.213 e. The molecule has 2 aromatic heterocycles. The second-order valence-corrected chi connectivity index (χ2v) is 7.95. The Bertz CT molecular complexity index is 835. The minimum Gasteiger partial charge on any atom is -0.474 e. The summed E-state index contributed by atoms with van der Waals surface area (Å²) in [5.41, 5.74) is 2.17. The second kappa shape index (κ2) is 11.7. The summed E-state index contributed by atoms with van der Waals surface area (Å²) in [6.45, 7) is 5.72. The van der Waals surface area contributed by atoms with Crippen LogP contribution in [0.4, 0.5) is 0 Å². The molecule has 0 bridgehead atoms. The molecule has 2 fully saturated rings. The normalized spacial score (nSPS) is 19.9. The van der Waals surface area contributed by atoms with Gasteiger partial charge in [0.1, 0.15) is 12.2 Å². The zero-order chi connectivity index (χ0) is 20.8. The van der Waals surface area contributed by atoms with Gasteiger partial charge in [0.2, 0.25) is 5.88 Å². The highest BCUT2D eigenvalue weighted by atomic mass is 127. The van der Waals surface area contributed by atoms with Crippen molar-refractivity contribution in [2.75, 3.05) is 26.2 Å². The summed E-state index contributed by atoms with van der Waals surface area (Å²) < 4.78 is 13.7. The summed E-state index contributed by atoms with van der Waals surface area (Å²) in [7, 11) is 1.92. The first-order valence-electron chi connectivity index (χ1n) is 11.0. The maximum absolute atomic E-state index is 5.96. The van der Waals surface area contributed by atoms with Crippen LogP contribution >= 0.6 is 24.0 Å². The Hall–Kier alpha value is -1.88. The van der Waals surface area contributed by atoms with Gasteiger partial charge in [-0.15, -0.1) is 24.0 Å².